The van der Waals surface area contributed by atoms with E-state index in [2.05, 4.69) is 0 Å². The van der Waals surface area contributed by atoms with Crippen molar-refractivity contribution < 1.29 is 24.1 Å². The zero-order valence-electron chi connectivity index (χ0n) is 15.3. The third-order valence-corrected chi connectivity index (χ3v) is 4.54. The van der Waals surface area contributed by atoms with E-state index < -0.39 is 5.97 Å². The van der Waals surface area contributed by atoms with Gasteiger partial charge in [0.1, 0.15) is 0 Å². The van der Waals surface area contributed by atoms with Crippen molar-refractivity contribution in [3.8, 4) is 23.0 Å². The Bertz CT molecular complexity index is 1030. The number of esters is 1. The largest absolute Gasteiger partial charge is 0.504 e. The number of benzene rings is 3. The molecule has 3 aromatic rings. The van der Waals surface area contributed by atoms with Crippen LogP contribution in [-0.4, -0.2) is 24.3 Å². The summed E-state index contributed by atoms with van der Waals surface area (Å²) in [5.74, 6) is -0.459. The molecular weight excluding hydrogens is 403 g/mol. The number of ether oxygens (including phenoxy) is 3. The maximum atomic E-state index is 12.8. The summed E-state index contributed by atoms with van der Waals surface area (Å²) in [4.78, 5) is 12.8. The lowest BCUT2D eigenvalue weighted by atomic mass is 10.1. The van der Waals surface area contributed by atoms with Crippen LogP contribution in [0.25, 0.3) is 10.8 Å². The fraction of sp³-hybridized carbons (Fsp3) is 0.190. The van der Waals surface area contributed by atoms with Crippen molar-refractivity contribution >= 4 is 39.9 Å². The van der Waals surface area contributed by atoms with Gasteiger partial charge < -0.3 is 19.3 Å². The van der Waals surface area contributed by atoms with Gasteiger partial charge in [-0.1, -0.05) is 35.3 Å². The minimum Gasteiger partial charge on any atom is -0.504 e. The zero-order valence-corrected chi connectivity index (χ0v) is 16.8. The Morgan fingerprint density at radius 2 is 1.61 bits per heavy atom. The van der Waals surface area contributed by atoms with Gasteiger partial charge in [-0.15, -0.1) is 0 Å². The average molecular weight is 421 g/mol. The molecule has 0 saturated carbocycles. The first kappa shape index (κ1) is 20.1. The average Bonchev–Trinajstić information content (AvgIpc) is 2.68. The van der Waals surface area contributed by atoms with E-state index in [9.17, 15) is 9.90 Å². The van der Waals surface area contributed by atoms with E-state index in [4.69, 9.17) is 37.4 Å². The molecule has 3 rings (SSSR count). The number of phenolic OH excluding ortho intramolecular Hbond substituents is 1. The van der Waals surface area contributed by atoms with Crippen molar-refractivity contribution in [2.75, 3.05) is 13.2 Å². The standard InChI is InChI=1S/C21H18Cl2O5/c1-3-26-19-17(24)13-10-9-12(22)11-15(13)18(20(19)27-4-2)28-21(25)14-7-5-6-8-16(14)23/h5-11,24H,3-4H2,1-2H3. The van der Waals surface area contributed by atoms with Crippen LogP contribution in [0.5, 0.6) is 23.0 Å². The second-order valence-corrected chi connectivity index (χ2v) is 6.60. The third-order valence-electron chi connectivity index (χ3n) is 3.97. The second kappa shape index (κ2) is 8.59. The number of hydrogen-bond donors (Lipinski definition) is 1. The van der Waals surface area contributed by atoms with Crippen LogP contribution in [0.1, 0.15) is 24.2 Å². The van der Waals surface area contributed by atoms with Gasteiger partial charge in [0.15, 0.2) is 11.5 Å². The Kier molecular flexibility index (Phi) is 6.17. The maximum absolute atomic E-state index is 12.8. The summed E-state index contributed by atoms with van der Waals surface area (Å²) in [5.41, 5.74) is 0.202. The lowest BCUT2D eigenvalue weighted by molar-refractivity contribution is 0.0730. The molecule has 0 aliphatic heterocycles. The number of rotatable bonds is 6. The minimum absolute atomic E-state index is 0.0983. The first-order valence-corrected chi connectivity index (χ1v) is 9.44. The van der Waals surface area contributed by atoms with Gasteiger partial charge in [-0.05, 0) is 44.2 Å². The van der Waals surface area contributed by atoms with Crippen molar-refractivity contribution in [3.05, 3.63) is 58.1 Å². The van der Waals surface area contributed by atoms with Gasteiger partial charge in [-0.2, -0.15) is 0 Å². The number of carbonyl (C=O) groups is 1. The molecule has 146 valence electrons. The summed E-state index contributed by atoms with van der Waals surface area (Å²) >= 11 is 12.3. The predicted molar refractivity (Wildman–Crippen MR) is 109 cm³/mol. The molecule has 0 fully saturated rings. The third kappa shape index (κ3) is 3.81. The number of hydrogen-bond acceptors (Lipinski definition) is 5. The van der Waals surface area contributed by atoms with Gasteiger partial charge in [0.2, 0.25) is 11.5 Å². The zero-order chi connectivity index (χ0) is 20.3. The van der Waals surface area contributed by atoms with Crippen molar-refractivity contribution in [1.29, 1.82) is 0 Å². The predicted octanol–water partition coefficient (Wildman–Crippen LogP) is 5.87. The molecule has 0 saturated heterocycles. The topological polar surface area (TPSA) is 65.0 Å². The smallest absolute Gasteiger partial charge is 0.345 e. The number of phenols is 1. The highest BCUT2D eigenvalue weighted by Crippen LogP contribution is 2.51. The van der Waals surface area contributed by atoms with Crippen LogP contribution < -0.4 is 14.2 Å². The van der Waals surface area contributed by atoms with Crippen LogP contribution >= 0.6 is 23.2 Å². The fourth-order valence-corrected chi connectivity index (χ4v) is 3.18. The van der Waals surface area contributed by atoms with Gasteiger partial charge in [0.05, 0.1) is 23.8 Å². The molecule has 0 atom stereocenters. The van der Waals surface area contributed by atoms with Crippen LogP contribution in [0.15, 0.2) is 42.5 Å². The first-order valence-electron chi connectivity index (χ1n) is 8.68. The van der Waals surface area contributed by atoms with Gasteiger partial charge >= 0.3 is 5.97 Å². The molecule has 0 heterocycles. The SMILES string of the molecule is CCOc1c(OCC)c(OC(=O)c2ccccc2Cl)c2cc(Cl)ccc2c1O. The molecule has 0 spiro atoms. The Morgan fingerprint density at radius 3 is 2.29 bits per heavy atom. The first-order chi connectivity index (χ1) is 13.5. The molecule has 0 aliphatic carbocycles. The van der Waals surface area contributed by atoms with Crippen LogP contribution in [0.4, 0.5) is 0 Å². The molecule has 3 aromatic carbocycles. The number of carbonyl (C=O) groups excluding carboxylic acids is 1. The highest BCUT2D eigenvalue weighted by Gasteiger charge is 2.26. The van der Waals surface area contributed by atoms with Crippen molar-refractivity contribution in [3.63, 3.8) is 0 Å². The van der Waals surface area contributed by atoms with Crippen molar-refractivity contribution in [2.24, 2.45) is 0 Å². The number of aromatic hydroxyl groups is 1. The molecular formula is C21H18Cl2O5. The Morgan fingerprint density at radius 1 is 0.929 bits per heavy atom. The quantitative estimate of drug-likeness (QED) is 0.399. The minimum atomic E-state index is -0.666. The fourth-order valence-electron chi connectivity index (χ4n) is 2.80. The van der Waals surface area contributed by atoms with Gasteiger partial charge in [-0.3, -0.25) is 0 Å². The lowest BCUT2D eigenvalue weighted by Gasteiger charge is -2.19. The molecule has 0 aliphatic rings. The van der Waals surface area contributed by atoms with E-state index in [0.717, 1.165) is 0 Å². The van der Waals surface area contributed by atoms with E-state index in [-0.39, 0.29) is 46.8 Å². The van der Waals surface area contributed by atoms with E-state index in [1.807, 2.05) is 0 Å². The summed E-state index contributed by atoms with van der Waals surface area (Å²) in [6, 6.07) is 11.4. The Balaban J connectivity index is 2.24. The van der Waals surface area contributed by atoms with Gasteiger partial charge in [-0.25, -0.2) is 4.79 Å². The van der Waals surface area contributed by atoms with Gasteiger partial charge in [0.25, 0.3) is 0 Å². The van der Waals surface area contributed by atoms with E-state index in [1.165, 1.54) is 0 Å². The summed E-state index contributed by atoms with van der Waals surface area (Å²) < 4.78 is 16.9. The molecule has 0 amide bonds. The van der Waals surface area contributed by atoms with E-state index in [0.29, 0.717) is 15.8 Å². The van der Waals surface area contributed by atoms with Crippen LogP contribution in [0, 0.1) is 0 Å². The summed E-state index contributed by atoms with van der Waals surface area (Å²) in [5, 5.41) is 12.2. The highest BCUT2D eigenvalue weighted by molar-refractivity contribution is 6.33. The van der Waals surface area contributed by atoms with Crippen LogP contribution in [-0.2, 0) is 0 Å². The normalized spacial score (nSPS) is 10.7. The van der Waals surface area contributed by atoms with Crippen molar-refractivity contribution in [2.45, 2.75) is 13.8 Å². The summed E-state index contributed by atoms with van der Waals surface area (Å²) in [6.07, 6.45) is 0. The molecule has 0 aromatic heterocycles. The molecule has 28 heavy (non-hydrogen) atoms. The highest BCUT2D eigenvalue weighted by atomic mass is 35.5. The lowest BCUT2D eigenvalue weighted by Crippen LogP contribution is -2.11. The second-order valence-electron chi connectivity index (χ2n) is 5.76. The van der Waals surface area contributed by atoms with E-state index in [1.54, 1.807) is 56.3 Å². The molecule has 7 heteroatoms. The molecule has 0 unspecified atom stereocenters. The van der Waals surface area contributed by atoms with Crippen molar-refractivity contribution in [1.82, 2.24) is 0 Å². The molecule has 0 bridgehead atoms. The Labute approximate surface area is 172 Å². The molecule has 5 nitrogen and oxygen atoms in total. The Hall–Kier alpha value is -2.63. The number of halogens is 2. The van der Waals surface area contributed by atoms with Crippen LogP contribution in [0.3, 0.4) is 0 Å². The molecule has 1 N–H and O–H groups in total. The number of fused-ring (bicyclic) bond motifs is 1. The monoisotopic (exact) mass is 420 g/mol. The summed E-state index contributed by atoms with van der Waals surface area (Å²) in [6.45, 7) is 4.10. The summed E-state index contributed by atoms with van der Waals surface area (Å²) in [7, 11) is 0. The maximum Gasteiger partial charge on any atom is 0.345 e. The van der Waals surface area contributed by atoms with Gasteiger partial charge in [0, 0.05) is 15.8 Å². The molecule has 0 radical (unpaired) electrons. The van der Waals surface area contributed by atoms with E-state index >= 15 is 0 Å². The van der Waals surface area contributed by atoms with Crippen LogP contribution in [0.2, 0.25) is 10.0 Å².